The van der Waals surface area contributed by atoms with Crippen LogP contribution in [0.2, 0.25) is 0 Å². The molecule has 0 aliphatic heterocycles. The van der Waals surface area contributed by atoms with Crippen LogP contribution in [0.25, 0.3) is 22.5 Å². The van der Waals surface area contributed by atoms with Gasteiger partial charge in [-0.05, 0) is 28.3 Å². The summed E-state index contributed by atoms with van der Waals surface area (Å²) in [5, 5.41) is 19.0. The first-order valence-electron chi connectivity index (χ1n) is 11.6. The monoisotopic (exact) mass is 443 g/mol. The van der Waals surface area contributed by atoms with Gasteiger partial charge in [0.2, 0.25) is 17.4 Å². The standard InChI is InChI=1S/C25H29N7O/c1-3-5-6-9-16-32-23(26-25(29-32)22(33)4-2)17-18-12-14-19(15-13-18)20-10-7-8-11-21(20)24-27-30-31-28-24/h7-8,10-15H,3-6,9,16-17H2,1-2H3,(H,27,28,30,31). The second-order valence-electron chi connectivity index (χ2n) is 8.07. The lowest BCUT2D eigenvalue weighted by molar-refractivity contribution is 0.0978. The summed E-state index contributed by atoms with van der Waals surface area (Å²) < 4.78 is 1.91. The number of rotatable bonds is 11. The van der Waals surface area contributed by atoms with Gasteiger partial charge in [0.05, 0.1) is 0 Å². The number of benzene rings is 2. The van der Waals surface area contributed by atoms with Crippen LogP contribution < -0.4 is 0 Å². The van der Waals surface area contributed by atoms with E-state index >= 15 is 0 Å². The number of aryl methyl sites for hydroxylation is 1. The van der Waals surface area contributed by atoms with Gasteiger partial charge in [-0.15, -0.1) is 15.3 Å². The van der Waals surface area contributed by atoms with Crippen LogP contribution in [0.3, 0.4) is 0 Å². The SMILES string of the molecule is CCCCCCn1nc(C(=O)CC)nc1Cc1ccc(-c2ccccc2-c2nn[nH]n2)cc1. The van der Waals surface area contributed by atoms with Crippen LogP contribution in [0.5, 0.6) is 0 Å². The fraction of sp³-hybridized carbons (Fsp3) is 0.360. The van der Waals surface area contributed by atoms with Crippen LogP contribution in [-0.4, -0.2) is 41.2 Å². The zero-order chi connectivity index (χ0) is 23.0. The van der Waals surface area contributed by atoms with Crippen molar-refractivity contribution in [2.24, 2.45) is 0 Å². The Labute approximate surface area is 193 Å². The molecule has 2 aromatic carbocycles. The number of aromatic nitrogens is 7. The Bertz CT molecular complexity index is 1180. The molecule has 0 unspecified atom stereocenters. The molecule has 0 aliphatic carbocycles. The summed E-state index contributed by atoms with van der Waals surface area (Å²) in [6.45, 7) is 4.83. The molecule has 8 nitrogen and oxygen atoms in total. The molecule has 0 fully saturated rings. The Kier molecular flexibility index (Phi) is 7.34. The van der Waals surface area contributed by atoms with Crippen molar-refractivity contribution in [3.8, 4) is 22.5 Å². The zero-order valence-electron chi connectivity index (χ0n) is 19.2. The number of ketones is 1. The molecule has 0 bridgehead atoms. The van der Waals surface area contributed by atoms with Crippen LogP contribution >= 0.6 is 0 Å². The summed E-state index contributed by atoms with van der Waals surface area (Å²) in [5.74, 6) is 1.72. The number of carbonyl (C=O) groups is 1. The highest BCUT2D eigenvalue weighted by Gasteiger charge is 2.16. The van der Waals surface area contributed by atoms with Crippen molar-refractivity contribution in [2.45, 2.75) is 58.9 Å². The molecule has 0 atom stereocenters. The lowest BCUT2D eigenvalue weighted by Gasteiger charge is -2.09. The molecule has 33 heavy (non-hydrogen) atoms. The van der Waals surface area contributed by atoms with Crippen molar-refractivity contribution in [3.63, 3.8) is 0 Å². The van der Waals surface area contributed by atoms with Gasteiger partial charge in [0.15, 0.2) is 0 Å². The van der Waals surface area contributed by atoms with Gasteiger partial charge >= 0.3 is 0 Å². The van der Waals surface area contributed by atoms with Crippen LogP contribution in [0, 0.1) is 0 Å². The molecule has 4 rings (SSSR count). The number of hydrogen-bond donors (Lipinski definition) is 1. The van der Waals surface area contributed by atoms with Crippen LogP contribution in [0.15, 0.2) is 48.5 Å². The van der Waals surface area contributed by atoms with Crippen molar-refractivity contribution >= 4 is 5.78 Å². The molecular formula is C25H29N7O. The second-order valence-corrected chi connectivity index (χ2v) is 8.07. The number of hydrogen-bond acceptors (Lipinski definition) is 6. The average molecular weight is 444 g/mol. The number of carbonyl (C=O) groups excluding carboxylic acids is 1. The predicted octanol–water partition coefficient (Wildman–Crippen LogP) is 4.89. The Hall–Kier alpha value is -3.68. The number of nitrogens with zero attached hydrogens (tertiary/aromatic N) is 6. The number of aromatic amines is 1. The molecule has 2 heterocycles. The van der Waals surface area contributed by atoms with Gasteiger partial charge in [-0.1, -0.05) is 81.6 Å². The van der Waals surface area contributed by atoms with Gasteiger partial charge in [-0.25, -0.2) is 9.67 Å². The Morgan fingerprint density at radius 3 is 2.45 bits per heavy atom. The number of tetrazole rings is 1. The summed E-state index contributed by atoms with van der Waals surface area (Å²) in [7, 11) is 0. The summed E-state index contributed by atoms with van der Waals surface area (Å²) in [4.78, 5) is 16.8. The van der Waals surface area contributed by atoms with E-state index in [0.29, 0.717) is 24.5 Å². The van der Waals surface area contributed by atoms with Crippen LogP contribution in [-0.2, 0) is 13.0 Å². The lowest BCUT2D eigenvalue weighted by Crippen LogP contribution is -2.07. The van der Waals surface area contributed by atoms with Gasteiger partial charge in [0, 0.05) is 24.9 Å². The first kappa shape index (κ1) is 22.5. The highest BCUT2D eigenvalue weighted by molar-refractivity contribution is 5.92. The molecule has 170 valence electrons. The van der Waals surface area contributed by atoms with Crippen molar-refractivity contribution in [1.82, 2.24) is 35.4 Å². The summed E-state index contributed by atoms with van der Waals surface area (Å²) >= 11 is 0. The van der Waals surface area contributed by atoms with E-state index in [2.05, 4.69) is 68.0 Å². The smallest absolute Gasteiger partial charge is 0.217 e. The first-order valence-corrected chi connectivity index (χ1v) is 11.6. The number of nitrogens with one attached hydrogen (secondary N) is 1. The van der Waals surface area contributed by atoms with Gasteiger partial charge in [-0.3, -0.25) is 4.79 Å². The third kappa shape index (κ3) is 5.39. The summed E-state index contributed by atoms with van der Waals surface area (Å²) in [5.41, 5.74) is 4.16. The van der Waals surface area contributed by atoms with Crippen molar-refractivity contribution in [1.29, 1.82) is 0 Å². The van der Waals surface area contributed by atoms with E-state index in [1.165, 1.54) is 12.8 Å². The highest BCUT2D eigenvalue weighted by Crippen LogP contribution is 2.30. The van der Waals surface area contributed by atoms with Crippen molar-refractivity contribution in [3.05, 3.63) is 65.7 Å². The van der Waals surface area contributed by atoms with E-state index in [9.17, 15) is 4.79 Å². The average Bonchev–Trinajstić information content (AvgIpc) is 3.53. The molecular weight excluding hydrogens is 414 g/mol. The van der Waals surface area contributed by atoms with Gasteiger partial charge in [0.25, 0.3) is 0 Å². The number of unbranched alkanes of at least 4 members (excludes halogenated alkanes) is 3. The predicted molar refractivity (Wildman–Crippen MR) is 127 cm³/mol. The van der Waals surface area contributed by atoms with Gasteiger partial charge in [0.1, 0.15) is 5.82 Å². The minimum absolute atomic E-state index is 0.0167. The molecule has 2 aromatic heterocycles. The quantitative estimate of drug-likeness (QED) is 0.262. The van der Waals surface area contributed by atoms with E-state index in [-0.39, 0.29) is 5.78 Å². The normalized spacial score (nSPS) is 11.1. The van der Waals surface area contributed by atoms with Crippen LogP contribution in [0.4, 0.5) is 0 Å². The fourth-order valence-electron chi connectivity index (χ4n) is 3.84. The number of Topliss-reactive ketones (excluding diaryl/α,β-unsaturated/α-hetero) is 1. The molecule has 8 heteroatoms. The van der Waals surface area contributed by atoms with E-state index in [1.54, 1.807) is 0 Å². The van der Waals surface area contributed by atoms with Gasteiger partial charge in [-0.2, -0.15) is 5.21 Å². The molecule has 1 N–H and O–H groups in total. The van der Waals surface area contributed by atoms with Crippen molar-refractivity contribution in [2.75, 3.05) is 0 Å². The summed E-state index contributed by atoms with van der Waals surface area (Å²) in [6, 6.07) is 16.4. The zero-order valence-corrected chi connectivity index (χ0v) is 19.2. The summed E-state index contributed by atoms with van der Waals surface area (Å²) in [6.07, 6.45) is 5.62. The Balaban J connectivity index is 1.55. The molecule has 0 radical (unpaired) electrons. The second kappa shape index (κ2) is 10.8. The van der Waals surface area contributed by atoms with E-state index in [0.717, 1.165) is 47.5 Å². The van der Waals surface area contributed by atoms with Crippen molar-refractivity contribution < 1.29 is 4.79 Å². The first-order chi connectivity index (χ1) is 16.2. The minimum atomic E-state index is -0.0167. The maximum Gasteiger partial charge on any atom is 0.217 e. The largest absolute Gasteiger partial charge is 0.291 e. The maximum absolute atomic E-state index is 12.2. The molecule has 0 spiro atoms. The third-order valence-corrected chi connectivity index (χ3v) is 5.68. The molecule has 4 aromatic rings. The van der Waals surface area contributed by atoms with Crippen LogP contribution in [0.1, 0.15) is 68.0 Å². The minimum Gasteiger partial charge on any atom is -0.291 e. The maximum atomic E-state index is 12.2. The van der Waals surface area contributed by atoms with E-state index in [4.69, 9.17) is 0 Å². The van der Waals surface area contributed by atoms with E-state index in [1.807, 2.05) is 29.8 Å². The third-order valence-electron chi connectivity index (χ3n) is 5.68. The Morgan fingerprint density at radius 1 is 0.970 bits per heavy atom. The molecule has 0 saturated carbocycles. The lowest BCUT2D eigenvalue weighted by atomic mass is 9.98. The fourth-order valence-corrected chi connectivity index (χ4v) is 3.84. The molecule has 0 aliphatic rings. The topological polar surface area (TPSA) is 102 Å². The van der Waals surface area contributed by atoms with Gasteiger partial charge < -0.3 is 0 Å². The molecule has 0 saturated heterocycles. The number of H-pyrrole nitrogens is 1. The van der Waals surface area contributed by atoms with E-state index < -0.39 is 0 Å². The molecule has 0 amide bonds. The Morgan fingerprint density at radius 2 is 1.76 bits per heavy atom. The highest BCUT2D eigenvalue weighted by atomic mass is 16.1.